The zero-order valence-electron chi connectivity index (χ0n) is 9.62. The van der Waals surface area contributed by atoms with Crippen LogP contribution < -0.4 is 11.1 Å². The highest BCUT2D eigenvalue weighted by molar-refractivity contribution is 5.91. The number of anilines is 1. The summed E-state index contributed by atoms with van der Waals surface area (Å²) in [5.41, 5.74) is 8.15. The second kappa shape index (κ2) is 5.95. The fraction of sp³-hybridized carbons (Fsp3) is 0.308. The molecule has 0 unspecified atom stereocenters. The van der Waals surface area contributed by atoms with Crippen LogP contribution in [0.2, 0.25) is 0 Å². The van der Waals surface area contributed by atoms with Crippen LogP contribution in [0.25, 0.3) is 0 Å². The van der Waals surface area contributed by atoms with E-state index < -0.39 is 0 Å². The van der Waals surface area contributed by atoms with Crippen LogP contribution in [0.15, 0.2) is 36.4 Å². The number of hydrogen-bond donors (Lipinski definition) is 2. The van der Waals surface area contributed by atoms with Gasteiger partial charge in [-0.05, 0) is 37.5 Å². The van der Waals surface area contributed by atoms with E-state index in [0.717, 1.165) is 18.5 Å². The lowest BCUT2D eigenvalue weighted by Gasteiger charge is -2.05. The molecule has 0 aliphatic heterocycles. The van der Waals surface area contributed by atoms with Crippen LogP contribution in [0.5, 0.6) is 0 Å². The smallest absolute Gasteiger partial charge is 0.246 e. The van der Waals surface area contributed by atoms with Crippen LogP contribution >= 0.6 is 0 Å². The Morgan fingerprint density at radius 1 is 1.38 bits per heavy atom. The summed E-state index contributed by atoms with van der Waals surface area (Å²) in [7, 11) is 0. The highest BCUT2D eigenvalue weighted by Gasteiger charge is 1.99. The number of nitrogens with two attached hydrogens (primary N) is 1. The molecule has 3 heteroatoms. The maximum atomic E-state index is 11.2. The van der Waals surface area contributed by atoms with Crippen molar-refractivity contribution in [3.63, 3.8) is 0 Å². The standard InChI is InChI=1S/C13H18N2O/c1-10(2)13(16)15-9-3-4-11-5-7-12(14)8-6-11/h5-8H,1,3-4,9,14H2,2H3,(H,15,16). The molecular weight excluding hydrogens is 200 g/mol. The van der Waals surface area contributed by atoms with E-state index in [2.05, 4.69) is 11.9 Å². The Bertz CT molecular complexity index is 368. The maximum absolute atomic E-state index is 11.2. The molecule has 1 aromatic carbocycles. The Morgan fingerprint density at radius 3 is 2.56 bits per heavy atom. The summed E-state index contributed by atoms with van der Waals surface area (Å²) >= 11 is 0. The third-order valence-electron chi connectivity index (χ3n) is 2.30. The topological polar surface area (TPSA) is 55.1 Å². The van der Waals surface area contributed by atoms with Crippen molar-refractivity contribution in [1.29, 1.82) is 0 Å². The monoisotopic (exact) mass is 218 g/mol. The molecule has 1 amide bonds. The van der Waals surface area contributed by atoms with Gasteiger partial charge >= 0.3 is 0 Å². The number of aryl methyl sites for hydroxylation is 1. The largest absolute Gasteiger partial charge is 0.399 e. The molecular formula is C13H18N2O. The van der Waals surface area contributed by atoms with Gasteiger partial charge < -0.3 is 11.1 Å². The summed E-state index contributed by atoms with van der Waals surface area (Å²) in [6.45, 7) is 5.96. The summed E-state index contributed by atoms with van der Waals surface area (Å²) in [5.74, 6) is -0.0719. The number of carbonyl (C=O) groups is 1. The second-order valence-electron chi connectivity index (χ2n) is 3.88. The second-order valence-corrected chi connectivity index (χ2v) is 3.88. The molecule has 0 aliphatic carbocycles. The molecule has 0 saturated carbocycles. The van der Waals surface area contributed by atoms with Gasteiger partial charge in [0.2, 0.25) is 5.91 Å². The molecule has 0 aliphatic rings. The molecule has 0 saturated heterocycles. The molecule has 1 rings (SSSR count). The molecule has 0 atom stereocenters. The molecule has 86 valence electrons. The number of benzene rings is 1. The third kappa shape index (κ3) is 4.17. The minimum Gasteiger partial charge on any atom is -0.399 e. The van der Waals surface area contributed by atoms with Gasteiger partial charge in [-0.1, -0.05) is 18.7 Å². The van der Waals surface area contributed by atoms with Crippen molar-refractivity contribution in [2.45, 2.75) is 19.8 Å². The van der Waals surface area contributed by atoms with Crippen molar-refractivity contribution >= 4 is 11.6 Å². The summed E-state index contributed by atoms with van der Waals surface area (Å²) in [5, 5.41) is 2.80. The van der Waals surface area contributed by atoms with Gasteiger partial charge in [0.1, 0.15) is 0 Å². The predicted octanol–water partition coefficient (Wildman–Crippen LogP) is 1.89. The van der Waals surface area contributed by atoms with Crippen LogP contribution in [-0.2, 0) is 11.2 Å². The number of rotatable bonds is 5. The van der Waals surface area contributed by atoms with Gasteiger partial charge in [-0.2, -0.15) is 0 Å². The first-order valence-corrected chi connectivity index (χ1v) is 5.37. The number of carbonyl (C=O) groups excluding carboxylic acids is 1. The highest BCUT2D eigenvalue weighted by atomic mass is 16.1. The first kappa shape index (κ1) is 12.3. The van der Waals surface area contributed by atoms with Crippen LogP contribution in [-0.4, -0.2) is 12.5 Å². The number of nitrogens with one attached hydrogen (secondary N) is 1. The molecule has 0 spiro atoms. The normalized spacial score (nSPS) is 9.81. The molecule has 16 heavy (non-hydrogen) atoms. The van der Waals surface area contributed by atoms with Gasteiger partial charge in [0, 0.05) is 17.8 Å². The maximum Gasteiger partial charge on any atom is 0.246 e. The van der Waals surface area contributed by atoms with E-state index in [1.54, 1.807) is 6.92 Å². The average Bonchev–Trinajstić information content (AvgIpc) is 2.26. The SMILES string of the molecule is C=C(C)C(=O)NCCCc1ccc(N)cc1. The Balaban J connectivity index is 2.23. The lowest BCUT2D eigenvalue weighted by Crippen LogP contribution is -2.24. The van der Waals surface area contributed by atoms with Crippen molar-refractivity contribution in [3.8, 4) is 0 Å². The van der Waals surface area contributed by atoms with E-state index in [1.165, 1.54) is 5.56 Å². The van der Waals surface area contributed by atoms with Crippen LogP contribution in [0.4, 0.5) is 5.69 Å². The van der Waals surface area contributed by atoms with Crippen molar-refractivity contribution < 1.29 is 4.79 Å². The summed E-state index contributed by atoms with van der Waals surface area (Å²) in [6, 6.07) is 7.80. The fourth-order valence-electron chi connectivity index (χ4n) is 1.33. The molecule has 0 aromatic heterocycles. The van der Waals surface area contributed by atoms with Crippen molar-refractivity contribution in [2.75, 3.05) is 12.3 Å². The van der Waals surface area contributed by atoms with Gasteiger partial charge in [-0.3, -0.25) is 4.79 Å². The Morgan fingerprint density at radius 2 is 2.00 bits per heavy atom. The molecule has 1 aromatic rings. The summed E-state index contributed by atoms with van der Waals surface area (Å²) in [6.07, 6.45) is 1.86. The van der Waals surface area contributed by atoms with E-state index >= 15 is 0 Å². The highest BCUT2D eigenvalue weighted by Crippen LogP contribution is 2.07. The van der Waals surface area contributed by atoms with E-state index in [9.17, 15) is 4.79 Å². The number of hydrogen-bond acceptors (Lipinski definition) is 2. The molecule has 3 nitrogen and oxygen atoms in total. The number of amides is 1. The van der Waals surface area contributed by atoms with Gasteiger partial charge in [0.05, 0.1) is 0 Å². The summed E-state index contributed by atoms with van der Waals surface area (Å²) in [4.78, 5) is 11.2. The molecule has 0 bridgehead atoms. The lowest BCUT2D eigenvalue weighted by atomic mass is 10.1. The molecule has 3 N–H and O–H groups in total. The zero-order chi connectivity index (χ0) is 12.0. The van der Waals surface area contributed by atoms with Crippen LogP contribution in [0.3, 0.4) is 0 Å². The molecule has 0 fully saturated rings. The van der Waals surface area contributed by atoms with E-state index in [0.29, 0.717) is 12.1 Å². The van der Waals surface area contributed by atoms with Crippen LogP contribution in [0.1, 0.15) is 18.9 Å². The fourth-order valence-corrected chi connectivity index (χ4v) is 1.33. The van der Waals surface area contributed by atoms with Gasteiger partial charge in [0.15, 0.2) is 0 Å². The zero-order valence-corrected chi connectivity index (χ0v) is 9.62. The quantitative estimate of drug-likeness (QED) is 0.450. The minimum absolute atomic E-state index is 0.0719. The van der Waals surface area contributed by atoms with Crippen molar-refractivity contribution in [3.05, 3.63) is 42.0 Å². The van der Waals surface area contributed by atoms with Gasteiger partial charge in [0.25, 0.3) is 0 Å². The van der Waals surface area contributed by atoms with Crippen molar-refractivity contribution in [1.82, 2.24) is 5.32 Å². The minimum atomic E-state index is -0.0719. The Hall–Kier alpha value is -1.77. The van der Waals surface area contributed by atoms with E-state index in [-0.39, 0.29) is 5.91 Å². The first-order valence-electron chi connectivity index (χ1n) is 5.37. The van der Waals surface area contributed by atoms with Crippen LogP contribution in [0, 0.1) is 0 Å². The third-order valence-corrected chi connectivity index (χ3v) is 2.30. The molecule has 0 heterocycles. The predicted molar refractivity (Wildman–Crippen MR) is 67.0 cm³/mol. The average molecular weight is 218 g/mol. The van der Waals surface area contributed by atoms with Gasteiger partial charge in [-0.15, -0.1) is 0 Å². The van der Waals surface area contributed by atoms with E-state index in [1.807, 2.05) is 24.3 Å². The summed E-state index contributed by atoms with van der Waals surface area (Å²) < 4.78 is 0. The molecule has 0 radical (unpaired) electrons. The Kier molecular flexibility index (Phi) is 4.58. The Labute approximate surface area is 96.3 Å². The van der Waals surface area contributed by atoms with Crippen molar-refractivity contribution in [2.24, 2.45) is 0 Å². The number of nitrogen functional groups attached to an aromatic ring is 1. The lowest BCUT2D eigenvalue weighted by molar-refractivity contribution is -0.117. The van der Waals surface area contributed by atoms with Gasteiger partial charge in [-0.25, -0.2) is 0 Å². The van der Waals surface area contributed by atoms with E-state index in [4.69, 9.17) is 5.73 Å². The first-order chi connectivity index (χ1) is 7.59.